The second-order valence-corrected chi connectivity index (χ2v) is 4.90. The highest BCUT2D eigenvalue weighted by molar-refractivity contribution is 5.93. The standard InChI is InChI=1S/C14H16N4O/c19-13(14-15-7-3-8-16-14)10-11-6-9-18(17-11)12-4-1-2-5-12/h3,6-9,12H,1-2,4-5,10H2. The van der Waals surface area contributed by atoms with E-state index in [-0.39, 0.29) is 18.0 Å². The molecule has 5 heteroatoms. The Labute approximate surface area is 111 Å². The molecule has 5 nitrogen and oxygen atoms in total. The first-order chi connectivity index (χ1) is 9.33. The Hall–Kier alpha value is -2.04. The lowest BCUT2D eigenvalue weighted by atomic mass is 10.2. The minimum absolute atomic E-state index is 0.0859. The fourth-order valence-corrected chi connectivity index (χ4v) is 2.53. The fourth-order valence-electron chi connectivity index (χ4n) is 2.53. The van der Waals surface area contributed by atoms with Gasteiger partial charge in [0, 0.05) is 18.6 Å². The number of aromatic nitrogens is 4. The third kappa shape index (κ3) is 2.70. The Bertz CT molecular complexity index is 558. The van der Waals surface area contributed by atoms with E-state index in [1.165, 1.54) is 25.7 Å². The van der Waals surface area contributed by atoms with E-state index in [2.05, 4.69) is 15.1 Å². The number of hydrogen-bond donors (Lipinski definition) is 0. The van der Waals surface area contributed by atoms with Crippen LogP contribution in [0.2, 0.25) is 0 Å². The van der Waals surface area contributed by atoms with Crippen LogP contribution in [0.15, 0.2) is 30.7 Å². The van der Waals surface area contributed by atoms with Gasteiger partial charge < -0.3 is 0 Å². The summed E-state index contributed by atoms with van der Waals surface area (Å²) < 4.78 is 2.00. The molecule has 0 amide bonds. The maximum Gasteiger partial charge on any atom is 0.206 e. The Morgan fingerprint density at radius 1 is 1.26 bits per heavy atom. The van der Waals surface area contributed by atoms with Crippen LogP contribution < -0.4 is 0 Å². The van der Waals surface area contributed by atoms with Gasteiger partial charge in [0.15, 0.2) is 5.82 Å². The summed E-state index contributed by atoms with van der Waals surface area (Å²) in [5.41, 5.74) is 0.796. The van der Waals surface area contributed by atoms with Crippen molar-refractivity contribution >= 4 is 5.78 Å². The lowest BCUT2D eigenvalue weighted by Crippen LogP contribution is -2.10. The van der Waals surface area contributed by atoms with E-state index in [0.717, 1.165) is 5.69 Å². The second kappa shape index (κ2) is 5.30. The normalized spacial score (nSPS) is 15.8. The van der Waals surface area contributed by atoms with Gasteiger partial charge in [0.05, 0.1) is 18.2 Å². The van der Waals surface area contributed by atoms with Gasteiger partial charge in [0.25, 0.3) is 0 Å². The molecule has 1 aliphatic carbocycles. The maximum atomic E-state index is 12.0. The van der Waals surface area contributed by atoms with Gasteiger partial charge in [-0.3, -0.25) is 9.48 Å². The maximum absolute atomic E-state index is 12.0. The van der Waals surface area contributed by atoms with Crippen LogP contribution in [0.25, 0.3) is 0 Å². The van der Waals surface area contributed by atoms with E-state index in [1.54, 1.807) is 18.5 Å². The number of ketones is 1. The molecule has 1 aliphatic rings. The van der Waals surface area contributed by atoms with Gasteiger partial charge in [-0.25, -0.2) is 9.97 Å². The SMILES string of the molecule is O=C(Cc1ccn(C2CCCC2)n1)c1ncccn1. The van der Waals surface area contributed by atoms with Crippen molar-refractivity contribution < 1.29 is 4.79 Å². The molecule has 1 saturated carbocycles. The van der Waals surface area contributed by atoms with Gasteiger partial charge >= 0.3 is 0 Å². The highest BCUT2D eigenvalue weighted by Crippen LogP contribution is 2.28. The predicted octanol–water partition coefficient (Wildman–Crippen LogP) is 2.21. The van der Waals surface area contributed by atoms with Crippen molar-refractivity contribution in [2.75, 3.05) is 0 Å². The zero-order valence-electron chi connectivity index (χ0n) is 10.7. The van der Waals surface area contributed by atoms with E-state index in [1.807, 2.05) is 16.9 Å². The molecule has 1 fully saturated rings. The minimum Gasteiger partial charge on any atom is -0.290 e. The van der Waals surface area contributed by atoms with E-state index in [9.17, 15) is 4.79 Å². The quantitative estimate of drug-likeness (QED) is 0.787. The fraction of sp³-hybridized carbons (Fsp3) is 0.429. The molecular weight excluding hydrogens is 240 g/mol. The summed E-state index contributed by atoms with van der Waals surface area (Å²) in [4.78, 5) is 19.9. The van der Waals surface area contributed by atoms with E-state index < -0.39 is 0 Å². The summed E-state index contributed by atoms with van der Waals surface area (Å²) in [5.74, 6) is 0.176. The number of Topliss-reactive ketones (excluding diaryl/α,β-unsaturated/α-hetero) is 1. The van der Waals surface area contributed by atoms with Crippen LogP contribution >= 0.6 is 0 Å². The number of rotatable bonds is 4. The van der Waals surface area contributed by atoms with Crippen LogP contribution in [0.4, 0.5) is 0 Å². The molecule has 0 atom stereocenters. The van der Waals surface area contributed by atoms with Gasteiger partial charge in [-0.1, -0.05) is 12.8 Å². The van der Waals surface area contributed by atoms with Crippen molar-refractivity contribution in [3.8, 4) is 0 Å². The van der Waals surface area contributed by atoms with Crippen LogP contribution in [0.1, 0.15) is 48.0 Å². The van der Waals surface area contributed by atoms with Crippen LogP contribution in [0, 0.1) is 0 Å². The average Bonchev–Trinajstić information content (AvgIpc) is 3.10. The molecule has 3 rings (SSSR count). The van der Waals surface area contributed by atoms with Crippen LogP contribution in [-0.2, 0) is 6.42 Å². The molecule has 0 radical (unpaired) electrons. The molecule has 98 valence electrons. The summed E-state index contributed by atoms with van der Waals surface area (Å²) in [7, 11) is 0. The second-order valence-electron chi connectivity index (χ2n) is 4.90. The lowest BCUT2D eigenvalue weighted by Gasteiger charge is -2.08. The third-order valence-electron chi connectivity index (χ3n) is 3.52. The zero-order chi connectivity index (χ0) is 13.1. The highest BCUT2D eigenvalue weighted by atomic mass is 16.1. The topological polar surface area (TPSA) is 60.7 Å². The van der Waals surface area contributed by atoms with Crippen LogP contribution in [-0.4, -0.2) is 25.5 Å². The van der Waals surface area contributed by atoms with Crippen molar-refractivity contribution in [1.29, 1.82) is 0 Å². The third-order valence-corrected chi connectivity index (χ3v) is 3.52. The first kappa shape index (κ1) is 12.0. The zero-order valence-corrected chi connectivity index (χ0v) is 10.7. The first-order valence-electron chi connectivity index (χ1n) is 6.67. The molecule has 0 unspecified atom stereocenters. The lowest BCUT2D eigenvalue weighted by molar-refractivity contribution is 0.0981. The van der Waals surface area contributed by atoms with Crippen molar-refractivity contribution in [3.05, 3.63) is 42.2 Å². The number of hydrogen-bond acceptors (Lipinski definition) is 4. The summed E-state index contributed by atoms with van der Waals surface area (Å²) in [6.07, 6.45) is 10.3. The largest absolute Gasteiger partial charge is 0.290 e. The summed E-state index contributed by atoms with van der Waals surface area (Å²) >= 11 is 0. The Morgan fingerprint density at radius 3 is 2.74 bits per heavy atom. The molecule has 19 heavy (non-hydrogen) atoms. The molecule has 2 heterocycles. The summed E-state index contributed by atoms with van der Waals surface area (Å²) in [5, 5.41) is 4.50. The van der Waals surface area contributed by atoms with Crippen molar-refractivity contribution in [1.82, 2.24) is 19.7 Å². The molecule has 2 aromatic heterocycles. The predicted molar refractivity (Wildman–Crippen MR) is 69.8 cm³/mol. The van der Waals surface area contributed by atoms with Crippen LogP contribution in [0.5, 0.6) is 0 Å². The van der Waals surface area contributed by atoms with Gasteiger partial charge in [0.1, 0.15) is 0 Å². The van der Waals surface area contributed by atoms with E-state index in [4.69, 9.17) is 0 Å². The van der Waals surface area contributed by atoms with Crippen molar-refractivity contribution in [2.45, 2.75) is 38.1 Å². The van der Waals surface area contributed by atoms with Crippen molar-refractivity contribution in [2.24, 2.45) is 0 Å². The van der Waals surface area contributed by atoms with Gasteiger partial charge in [-0.15, -0.1) is 0 Å². The highest BCUT2D eigenvalue weighted by Gasteiger charge is 2.18. The smallest absolute Gasteiger partial charge is 0.206 e. The number of carbonyl (C=O) groups excluding carboxylic acids is 1. The molecular formula is C14H16N4O. The summed E-state index contributed by atoms with van der Waals surface area (Å²) in [6.45, 7) is 0. The minimum atomic E-state index is -0.0859. The van der Waals surface area contributed by atoms with Gasteiger partial charge in [0.2, 0.25) is 5.78 Å². The van der Waals surface area contributed by atoms with E-state index >= 15 is 0 Å². The van der Waals surface area contributed by atoms with Crippen LogP contribution in [0.3, 0.4) is 0 Å². The first-order valence-corrected chi connectivity index (χ1v) is 6.67. The monoisotopic (exact) mass is 256 g/mol. The number of nitrogens with zero attached hydrogens (tertiary/aromatic N) is 4. The molecule has 0 bridgehead atoms. The Balaban J connectivity index is 1.68. The average molecular weight is 256 g/mol. The molecule has 0 aliphatic heterocycles. The summed E-state index contributed by atoms with van der Waals surface area (Å²) in [6, 6.07) is 4.13. The molecule has 0 N–H and O–H groups in total. The molecule has 0 spiro atoms. The molecule has 0 saturated heterocycles. The Morgan fingerprint density at radius 2 is 2.00 bits per heavy atom. The molecule has 2 aromatic rings. The molecule has 0 aromatic carbocycles. The van der Waals surface area contributed by atoms with Gasteiger partial charge in [-0.2, -0.15) is 5.10 Å². The van der Waals surface area contributed by atoms with Gasteiger partial charge in [-0.05, 0) is 25.0 Å². The van der Waals surface area contributed by atoms with Crippen molar-refractivity contribution in [3.63, 3.8) is 0 Å². The van der Waals surface area contributed by atoms with E-state index in [0.29, 0.717) is 6.04 Å². The Kier molecular flexibility index (Phi) is 3.35. The number of carbonyl (C=O) groups is 1.